The van der Waals surface area contributed by atoms with Crippen LogP contribution in [-0.2, 0) is 4.79 Å². The fourth-order valence-electron chi connectivity index (χ4n) is 2.68. The van der Waals surface area contributed by atoms with Crippen LogP contribution in [0.2, 0.25) is 10.0 Å². The van der Waals surface area contributed by atoms with Crippen molar-refractivity contribution < 1.29 is 9.78 Å². The number of aromatic nitrogens is 1. The van der Waals surface area contributed by atoms with Gasteiger partial charge in [0.1, 0.15) is 0 Å². The molecule has 4 nitrogen and oxygen atoms in total. The van der Waals surface area contributed by atoms with E-state index in [1.54, 1.807) is 30.4 Å². The van der Waals surface area contributed by atoms with Gasteiger partial charge < -0.3 is 9.80 Å². The highest BCUT2D eigenvalue weighted by Gasteiger charge is 2.20. The van der Waals surface area contributed by atoms with Crippen LogP contribution in [0.3, 0.4) is 0 Å². The number of rotatable bonds is 3. The number of piperazine rings is 1. The van der Waals surface area contributed by atoms with Gasteiger partial charge in [-0.15, -0.1) is 0 Å². The van der Waals surface area contributed by atoms with Crippen molar-refractivity contribution in [2.24, 2.45) is 0 Å². The smallest absolute Gasteiger partial charge is 0.246 e. The molecule has 0 radical (unpaired) electrons. The van der Waals surface area contributed by atoms with Crippen LogP contribution in [-0.4, -0.2) is 37.0 Å². The Morgan fingerprint density at radius 1 is 1.04 bits per heavy atom. The lowest BCUT2D eigenvalue weighted by atomic mass is 10.2. The van der Waals surface area contributed by atoms with Crippen LogP contribution in [0.5, 0.6) is 0 Å². The second-order valence-corrected chi connectivity index (χ2v) is 6.41. The number of hydrogen-bond acceptors (Lipinski definition) is 2. The topological polar surface area (TPSA) is 37.7 Å². The van der Waals surface area contributed by atoms with Gasteiger partial charge >= 0.3 is 0 Å². The molecular weight excluding hydrogens is 345 g/mol. The Balaban J connectivity index is 1.58. The van der Waals surface area contributed by atoms with E-state index in [1.165, 1.54) is 5.69 Å². The van der Waals surface area contributed by atoms with Gasteiger partial charge in [-0.05, 0) is 23.8 Å². The summed E-state index contributed by atoms with van der Waals surface area (Å²) in [6, 6.07) is 9.32. The maximum absolute atomic E-state index is 12.3. The van der Waals surface area contributed by atoms with E-state index < -0.39 is 0 Å². The molecule has 0 bridgehead atoms. The van der Waals surface area contributed by atoms with Crippen molar-refractivity contribution in [3.63, 3.8) is 0 Å². The molecule has 1 saturated heterocycles. The molecule has 2 heterocycles. The minimum atomic E-state index is 0.00191. The Bertz CT molecular complexity index is 741. The van der Waals surface area contributed by atoms with E-state index in [4.69, 9.17) is 23.2 Å². The van der Waals surface area contributed by atoms with Crippen molar-refractivity contribution in [2.75, 3.05) is 31.1 Å². The molecule has 2 aromatic rings. The first-order chi connectivity index (χ1) is 11.6. The van der Waals surface area contributed by atoms with Crippen LogP contribution >= 0.6 is 23.2 Å². The number of anilines is 1. The lowest BCUT2D eigenvalue weighted by Gasteiger charge is -2.35. The summed E-state index contributed by atoms with van der Waals surface area (Å²) < 4.78 is 0. The number of nitrogens with zero attached hydrogens (tertiary/aromatic N) is 2. The Morgan fingerprint density at radius 2 is 1.75 bits per heavy atom. The van der Waals surface area contributed by atoms with E-state index >= 15 is 0 Å². The fourth-order valence-corrected chi connectivity index (χ4v) is 3.15. The summed E-state index contributed by atoms with van der Waals surface area (Å²) in [5.74, 6) is 0.00191. The molecule has 0 atom stereocenters. The minimum Gasteiger partial charge on any atom is -0.368 e. The molecule has 124 valence electrons. The zero-order valence-electron chi connectivity index (χ0n) is 13.1. The molecule has 1 aromatic heterocycles. The molecule has 1 aromatic carbocycles. The quantitative estimate of drug-likeness (QED) is 0.786. The first-order valence-electron chi connectivity index (χ1n) is 7.76. The van der Waals surface area contributed by atoms with Crippen LogP contribution in [0.15, 0.2) is 48.8 Å². The van der Waals surface area contributed by atoms with Crippen LogP contribution in [0, 0.1) is 0 Å². The zero-order valence-corrected chi connectivity index (χ0v) is 14.6. The van der Waals surface area contributed by atoms with Gasteiger partial charge in [-0.2, -0.15) is 0 Å². The van der Waals surface area contributed by atoms with Crippen LogP contribution in [0.25, 0.3) is 6.08 Å². The van der Waals surface area contributed by atoms with Crippen molar-refractivity contribution >= 4 is 40.9 Å². The first kappa shape index (κ1) is 16.8. The van der Waals surface area contributed by atoms with Crippen molar-refractivity contribution in [3.8, 4) is 0 Å². The number of benzene rings is 1. The average molecular weight is 363 g/mol. The number of hydrogen-bond donors (Lipinski definition) is 0. The maximum atomic E-state index is 12.3. The molecule has 1 amide bonds. The molecule has 24 heavy (non-hydrogen) atoms. The number of carbonyl (C=O) groups excluding carboxylic acids is 1. The molecule has 1 aliphatic heterocycles. The van der Waals surface area contributed by atoms with E-state index in [-0.39, 0.29) is 5.91 Å². The van der Waals surface area contributed by atoms with Crippen molar-refractivity contribution in [1.29, 1.82) is 0 Å². The highest BCUT2D eigenvalue weighted by molar-refractivity contribution is 6.35. The van der Waals surface area contributed by atoms with Crippen molar-refractivity contribution in [2.45, 2.75) is 0 Å². The predicted molar refractivity (Wildman–Crippen MR) is 97.3 cm³/mol. The molecule has 1 N–H and O–H groups in total. The van der Waals surface area contributed by atoms with E-state index in [2.05, 4.69) is 9.88 Å². The summed E-state index contributed by atoms with van der Waals surface area (Å²) in [6.45, 7) is 3.06. The van der Waals surface area contributed by atoms with Crippen LogP contribution in [0.1, 0.15) is 5.56 Å². The maximum Gasteiger partial charge on any atom is 0.246 e. The monoisotopic (exact) mass is 362 g/mol. The molecule has 0 unspecified atom stereocenters. The summed E-state index contributed by atoms with van der Waals surface area (Å²) >= 11 is 12.0. The second kappa shape index (κ2) is 7.69. The summed E-state index contributed by atoms with van der Waals surface area (Å²) in [5, 5.41) is 1.12. The van der Waals surface area contributed by atoms with Crippen LogP contribution in [0.4, 0.5) is 5.69 Å². The summed E-state index contributed by atoms with van der Waals surface area (Å²) in [7, 11) is 0. The average Bonchev–Trinajstić information content (AvgIpc) is 2.62. The lowest BCUT2D eigenvalue weighted by molar-refractivity contribution is -0.377. The van der Waals surface area contributed by atoms with Gasteiger partial charge in [-0.1, -0.05) is 29.3 Å². The molecular formula is C18H18Cl2N3O+. The van der Waals surface area contributed by atoms with Gasteiger partial charge in [-0.3, -0.25) is 4.79 Å². The largest absolute Gasteiger partial charge is 0.368 e. The number of pyridine rings is 1. The molecule has 6 heteroatoms. The van der Waals surface area contributed by atoms with Gasteiger partial charge in [0, 0.05) is 60.1 Å². The van der Waals surface area contributed by atoms with E-state index in [9.17, 15) is 4.79 Å². The number of amides is 1. The number of H-pyrrole nitrogens is 1. The zero-order chi connectivity index (χ0) is 16.9. The number of halogens is 2. The third kappa shape index (κ3) is 4.08. The molecule has 0 spiro atoms. The number of aromatic amines is 1. The molecule has 1 aliphatic rings. The van der Waals surface area contributed by atoms with Crippen molar-refractivity contribution in [3.05, 3.63) is 64.4 Å². The first-order valence-corrected chi connectivity index (χ1v) is 8.52. The van der Waals surface area contributed by atoms with Gasteiger partial charge in [0.05, 0.1) is 0 Å². The summed E-state index contributed by atoms with van der Waals surface area (Å²) in [6.07, 6.45) is 7.12. The van der Waals surface area contributed by atoms with Crippen LogP contribution < -0.4 is 9.88 Å². The van der Waals surface area contributed by atoms with Gasteiger partial charge in [0.25, 0.3) is 0 Å². The number of nitrogens with one attached hydrogen (secondary N) is 1. The van der Waals surface area contributed by atoms with Crippen molar-refractivity contribution in [1.82, 2.24) is 4.90 Å². The predicted octanol–water partition coefficient (Wildman–Crippen LogP) is 3.17. The SMILES string of the molecule is O=C(/C=C/c1ccc(Cl)cc1Cl)N1CCN(c2cc[nH+]cc2)CC1. The Hall–Kier alpha value is -2.04. The lowest BCUT2D eigenvalue weighted by Crippen LogP contribution is -2.48. The highest BCUT2D eigenvalue weighted by atomic mass is 35.5. The Kier molecular flexibility index (Phi) is 5.38. The molecule has 0 saturated carbocycles. The second-order valence-electron chi connectivity index (χ2n) is 5.57. The Labute approximate surface area is 151 Å². The van der Waals surface area contributed by atoms with Gasteiger partial charge in [-0.25, -0.2) is 4.98 Å². The van der Waals surface area contributed by atoms with E-state index in [0.717, 1.165) is 18.7 Å². The highest BCUT2D eigenvalue weighted by Crippen LogP contribution is 2.22. The molecule has 1 fully saturated rings. The fraction of sp³-hybridized carbons (Fsp3) is 0.222. The normalized spacial score (nSPS) is 15.1. The summed E-state index contributed by atoms with van der Waals surface area (Å²) in [4.78, 5) is 19.5. The number of carbonyl (C=O) groups is 1. The summed E-state index contributed by atoms with van der Waals surface area (Å²) in [5.41, 5.74) is 1.96. The van der Waals surface area contributed by atoms with Gasteiger partial charge in [0.2, 0.25) is 5.91 Å². The molecule has 0 aliphatic carbocycles. The Morgan fingerprint density at radius 3 is 2.42 bits per heavy atom. The van der Waals surface area contributed by atoms with E-state index in [0.29, 0.717) is 23.1 Å². The molecule has 3 rings (SSSR count). The third-order valence-electron chi connectivity index (χ3n) is 4.03. The van der Waals surface area contributed by atoms with Gasteiger partial charge in [0.15, 0.2) is 12.4 Å². The minimum absolute atomic E-state index is 0.00191. The standard InChI is InChI=1S/C18H17Cl2N3O/c19-15-3-1-14(17(20)13-15)2-4-18(24)23-11-9-22(10-12-23)16-5-7-21-8-6-16/h1-8,13H,9-12H2/p+1/b4-2+. The third-order valence-corrected chi connectivity index (χ3v) is 4.59. The van der Waals surface area contributed by atoms with E-state index in [1.807, 2.05) is 29.4 Å².